The molecular formula is C15H15N3O. The number of nitrogens with zero attached hydrogens (tertiary/aromatic N) is 2. The number of hydrogen-bond donors (Lipinski definition) is 1. The molecule has 0 saturated carbocycles. The van der Waals surface area contributed by atoms with Gasteiger partial charge in [0.05, 0.1) is 6.04 Å². The first kappa shape index (κ1) is 11.7. The van der Waals surface area contributed by atoms with Crippen molar-refractivity contribution in [2.75, 3.05) is 11.4 Å². The number of amides is 2. The van der Waals surface area contributed by atoms with Gasteiger partial charge in [-0.3, -0.25) is 9.88 Å². The molecule has 2 amide bonds. The number of pyridine rings is 1. The number of urea groups is 1. The van der Waals surface area contributed by atoms with E-state index in [0.29, 0.717) is 0 Å². The van der Waals surface area contributed by atoms with Crippen molar-refractivity contribution in [1.82, 2.24) is 10.3 Å². The molecule has 4 heteroatoms. The van der Waals surface area contributed by atoms with Gasteiger partial charge >= 0.3 is 6.03 Å². The van der Waals surface area contributed by atoms with Gasteiger partial charge < -0.3 is 5.32 Å². The van der Waals surface area contributed by atoms with E-state index in [1.165, 1.54) is 0 Å². The van der Waals surface area contributed by atoms with Gasteiger partial charge in [0.25, 0.3) is 0 Å². The van der Waals surface area contributed by atoms with E-state index in [2.05, 4.69) is 10.3 Å². The Bertz CT molecular complexity index is 556. The third-order valence-corrected chi connectivity index (χ3v) is 3.34. The highest BCUT2D eigenvalue weighted by Gasteiger charge is 2.26. The second-order valence-electron chi connectivity index (χ2n) is 4.56. The van der Waals surface area contributed by atoms with Gasteiger partial charge in [0.1, 0.15) is 0 Å². The third kappa shape index (κ3) is 2.42. The average Bonchev–Trinajstić information content (AvgIpc) is 2.49. The molecule has 2 aromatic rings. The van der Waals surface area contributed by atoms with Crippen LogP contribution in [0.1, 0.15) is 18.0 Å². The van der Waals surface area contributed by atoms with Crippen molar-refractivity contribution in [3.8, 4) is 0 Å². The van der Waals surface area contributed by atoms with E-state index in [-0.39, 0.29) is 12.1 Å². The van der Waals surface area contributed by atoms with Crippen molar-refractivity contribution in [2.45, 2.75) is 12.5 Å². The molecule has 1 aromatic carbocycles. The number of benzene rings is 1. The van der Waals surface area contributed by atoms with E-state index in [4.69, 9.17) is 0 Å². The molecule has 1 N–H and O–H groups in total. The number of carbonyl (C=O) groups is 1. The third-order valence-electron chi connectivity index (χ3n) is 3.34. The van der Waals surface area contributed by atoms with E-state index in [0.717, 1.165) is 24.2 Å². The van der Waals surface area contributed by atoms with Crippen molar-refractivity contribution < 1.29 is 4.79 Å². The van der Waals surface area contributed by atoms with E-state index in [9.17, 15) is 4.79 Å². The summed E-state index contributed by atoms with van der Waals surface area (Å²) in [6, 6.07) is 13.6. The molecule has 1 aliphatic heterocycles. The highest BCUT2D eigenvalue weighted by Crippen LogP contribution is 2.24. The lowest BCUT2D eigenvalue weighted by Crippen LogP contribution is -2.48. The van der Waals surface area contributed by atoms with Crippen LogP contribution >= 0.6 is 0 Å². The van der Waals surface area contributed by atoms with Crippen LogP contribution in [-0.4, -0.2) is 17.6 Å². The fraction of sp³-hybridized carbons (Fsp3) is 0.200. The molecule has 2 heterocycles. The van der Waals surface area contributed by atoms with Crippen LogP contribution in [0.2, 0.25) is 0 Å². The lowest BCUT2D eigenvalue weighted by Gasteiger charge is -2.33. The summed E-state index contributed by atoms with van der Waals surface area (Å²) in [5.41, 5.74) is 1.99. The molecule has 3 rings (SSSR count). The minimum Gasteiger partial charge on any atom is -0.331 e. The average molecular weight is 253 g/mol. The molecule has 1 fully saturated rings. The minimum absolute atomic E-state index is 0.0497. The van der Waals surface area contributed by atoms with Gasteiger partial charge in [0.2, 0.25) is 0 Å². The molecule has 0 aliphatic carbocycles. The normalized spacial score (nSPS) is 19.1. The summed E-state index contributed by atoms with van der Waals surface area (Å²) >= 11 is 0. The maximum absolute atomic E-state index is 12.2. The van der Waals surface area contributed by atoms with Crippen LogP contribution in [0.25, 0.3) is 0 Å². The van der Waals surface area contributed by atoms with Crippen molar-refractivity contribution in [3.63, 3.8) is 0 Å². The number of carbonyl (C=O) groups excluding carboxylic acids is 1. The molecule has 1 saturated heterocycles. The zero-order valence-corrected chi connectivity index (χ0v) is 10.5. The highest BCUT2D eigenvalue weighted by atomic mass is 16.2. The quantitative estimate of drug-likeness (QED) is 0.894. The Kier molecular flexibility index (Phi) is 3.14. The smallest absolute Gasteiger partial charge is 0.322 e. The second-order valence-corrected chi connectivity index (χ2v) is 4.56. The fourth-order valence-electron chi connectivity index (χ4n) is 2.35. The van der Waals surface area contributed by atoms with E-state index in [1.54, 1.807) is 11.1 Å². The number of hydrogen-bond acceptors (Lipinski definition) is 2. The molecule has 19 heavy (non-hydrogen) atoms. The Morgan fingerprint density at radius 2 is 2.00 bits per heavy atom. The summed E-state index contributed by atoms with van der Waals surface area (Å²) in [6.07, 6.45) is 4.43. The van der Waals surface area contributed by atoms with Crippen molar-refractivity contribution >= 4 is 11.7 Å². The maximum Gasteiger partial charge on any atom is 0.322 e. The Morgan fingerprint density at radius 3 is 2.68 bits per heavy atom. The molecule has 1 unspecified atom stereocenters. The summed E-state index contributed by atoms with van der Waals surface area (Å²) in [5.74, 6) is 0. The number of nitrogens with one attached hydrogen (secondary N) is 1. The number of aromatic nitrogens is 1. The van der Waals surface area contributed by atoms with Gasteiger partial charge in [-0.2, -0.15) is 0 Å². The van der Waals surface area contributed by atoms with Crippen LogP contribution in [0.5, 0.6) is 0 Å². The molecule has 1 atom stereocenters. The molecule has 0 spiro atoms. The van der Waals surface area contributed by atoms with E-state index < -0.39 is 0 Å². The van der Waals surface area contributed by atoms with Crippen LogP contribution in [0.3, 0.4) is 0 Å². The predicted molar refractivity (Wildman–Crippen MR) is 73.9 cm³/mol. The zero-order valence-electron chi connectivity index (χ0n) is 10.5. The monoisotopic (exact) mass is 253 g/mol. The van der Waals surface area contributed by atoms with Gasteiger partial charge in [-0.05, 0) is 30.2 Å². The molecule has 1 aliphatic rings. The lowest BCUT2D eigenvalue weighted by molar-refractivity contribution is 0.236. The van der Waals surface area contributed by atoms with Gasteiger partial charge in [-0.1, -0.05) is 24.3 Å². The highest BCUT2D eigenvalue weighted by molar-refractivity contribution is 5.92. The first-order valence-electron chi connectivity index (χ1n) is 6.37. The van der Waals surface area contributed by atoms with Gasteiger partial charge in [-0.25, -0.2) is 4.79 Å². The van der Waals surface area contributed by atoms with Crippen LogP contribution in [0.4, 0.5) is 10.5 Å². The van der Waals surface area contributed by atoms with Crippen LogP contribution in [-0.2, 0) is 0 Å². The summed E-state index contributed by atoms with van der Waals surface area (Å²) in [7, 11) is 0. The molecule has 0 radical (unpaired) electrons. The molecular weight excluding hydrogens is 238 g/mol. The number of para-hydroxylation sites is 1. The van der Waals surface area contributed by atoms with Crippen molar-refractivity contribution in [2.24, 2.45) is 0 Å². The van der Waals surface area contributed by atoms with Crippen molar-refractivity contribution in [1.29, 1.82) is 0 Å². The SMILES string of the molecule is O=C1NC(c2cccnc2)CCN1c1ccccc1. The maximum atomic E-state index is 12.2. The number of rotatable bonds is 2. The Hall–Kier alpha value is -2.36. The van der Waals surface area contributed by atoms with Crippen molar-refractivity contribution in [3.05, 3.63) is 60.4 Å². The first-order chi connectivity index (χ1) is 9.34. The zero-order chi connectivity index (χ0) is 13.1. The molecule has 0 bridgehead atoms. The van der Waals surface area contributed by atoms with Gasteiger partial charge in [0.15, 0.2) is 0 Å². The summed E-state index contributed by atoms with van der Waals surface area (Å²) in [4.78, 5) is 18.0. The van der Waals surface area contributed by atoms with Gasteiger partial charge in [0, 0.05) is 24.6 Å². The standard InChI is InChI=1S/C15H15N3O/c19-15-17-14(12-5-4-9-16-11-12)8-10-18(15)13-6-2-1-3-7-13/h1-7,9,11,14H,8,10H2,(H,17,19). The Labute approximate surface area is 112 Å². The molecule has 1 aromatic heterocycles. The van der Waals surface area contributed by atoms with Crippen LogP contribution < -0.4 is 10.2 Å². The largest absolute Gasteiger partial charge is 0.331 e. The predicted octanol–water partition coefficient (Wildman–Crippen LogP) is 2.74. The lowest BCUT2D eigenvalue weighted by atomic mass is 10.0. The minimum atomic E-state index is -0.0497. The Balaban J connectivity index is 1.75. The molecule has 96 valence electrons. The van der Waals surface area contributed by atoms with Crippen LogP contribution in [0.15, 0.2) is 54.9 Å². The Morgan fingerprint density at radius 1 is 1.16 bits per heavy atom. The summed E-state index contributed by atoms with van der Waals surface area (Å²) in [6.45, 7) is 0.718. The summed E-state index contributed by atoms with van der Waals surface area (Å²) < 4.78 is 0. The topological polar surface area (TPSA) is 45.2 Å². The summed E-state index contributed by atoms with van der Waals surface area (Å²) in [5, 5.41) is 3.03. The second kappa shape index (κ2) is 5.10. The van der Waals surface area contributed by atoms with Crippen LogP contribution in [0, 0.1) is 0 Å². The molecule has 4 nitrogen and oxygen atoms in total. The van der Waals surface area contributed by atoms with Gasteiger partial charge in [-0.15, -0.1) is 0 Å². The van der Waals surface area contributed by atoms with E-state index in [1.807, 2.05) is 48.7 Å². The van der Waals surface area contributed by atoms with E-state index >= 15 is 0 Å². The number of anilines is 1. The first-order valence-corrected chi connectivity index (χ1v) is 6.37. The fourth-order valence-corrected chi connectivity index (χ4v) is 2.35.